The monoisotopic (exact) mass is 346 g/mol. The first-order chi connectivity index (χ1) is 11.5. The minimum atomic E-state index is 0.0360. The lowest BCUT2D eigenvalue weighted by atomic mass is 9.91. The molecule has 0 bridgehead atoms. The van der Waals surface area contributed by atoms with Crippen LogP contribution in [0.25, 0.3) is 5.69 Å². The highest BCUT2D eigenvalue weighted by Crippen LogP contribution is 2.25. The third-order valence-corrected chi connectivity index (χ3v) is 5.21. The predicted molar refractivity (Wildman–Crippen MR) is 95.6 cm³/mol. The number of halogens is 1. The van der Waals surface area contributed by atoms with Crippen molar-refractivity contribution in [1.29, 1.82) is 0 Å². The number of benzene rings is 1. The fourth-order valence-electron chi connectivity index (χ4n) is 3.28. The molecule has 0 radical (unpaired) electrons. The second-order valence-corrected chi connectivity index (χ2v) is 6.90. The molecule has 0 saturated carbocycles. The van der Waals surface area contributed by atoms with Gasteiger partial charge in [0, 0.05) is 19.1 Å². The zero-order chi connectivity index (χ0) is 17.3. The topological polar surface area (TPSA) is 64.2 Å². The van der Waals surface area contributed by atoms with Gasteiger partial charge in [0.2, 0.25) is 0 Å². The van der Waals surface area contributed by atoms with Gasteiger partial charge in [0.25, 0.3) is 5.91 Å². The third kappa shape index (κ3) is 3.19. The van der Waals surface area contributed by atoms with E-state index in [1.165, 1.54) is 0 Å². The van der Waals surface area contributed by atoms with E-state index in [-0.39, 0.29) is 11.9 Å². The van der Waals surface area contributed by atoms with Crippen molar-refractivity contribution in [3.05, 3.63) is 46.7 Å². The summed E-state index contributed by atoms with van der Waals surface area (Å²) in [5, 5.41) is 4.98. The normalized spacial score (nSPS) is 17.1. The van der Waals surface area contributed by atoms with Gasteiger partial charge in [-0.1, -0.05) is 23.7 Å². The summed E-state index contributed by atoms with van der Waals surface area (Å²) >= 11 is 6.25. The Morgan fingerprint density at radius 1 is 1.33 bits per heavy atom. The highest BCUT2D eigenvalue weighted by atomic mass is 35.5. The molecule has 1 aromatic heterocycles. The van der Waals surface area contributed by atoms with Crippen LogP contribution in [-0.4, -0.2) is 39.7 Å². The number of hydrogen-bond donors (Lipinski definition) is 1. The number of carbonyl (C=O) groups is 1. The molecule has 2 N–H and O–H groups in total. The first kappa shape index (κ1) is 17.0. The smallest absolute Gasteiger partial charge is 0.257 e. The summed E-state index contributed by atoms with van der Waals surface area (Å²) in [6.07, 6.45) is 3.56. The summed E-state index contributed by atoms with van der Waals surface area (Å²) in [6.45, 7) is 5.45. The lowest BCUT2D eigenvalue weighted by molar-refractivity contribution is 0.0680. The Bertz CT molecular complexity index is 732. The van der Waals surface area contributed by atoms with Crippen LogP contribution >= 0.6 is 11.6 Å². The minimum absolute atomic E-state index is 0.0360. The van der Waals surface area contributed by atoms with E-state index in [0.717, 1.165) is 37.3 Å². The number of piperidine rings is 1. The molecule has 3 rings (SSSR count). The van der Waals surface area contributed by atoms with Crippen molar-refractivity contribution < 1.29 is 4.79 Å². The predicted octanol–water partition coefficient (Wildman–Crippen LogP) is 3.03. The first-order valence-electron chi connectivity index (χ1n) is 8.33. The highest BCUT2D eigenvalue weighted by Gasteiger charge is 2.27. The van der Waals surface area contributed by atoms with Crippen LogP contribution in [0, 0.1) is 12.8 Å². The van der Waals surface area contributed by atoms with E-state index < -0.39 is 0 Å². The molecule has 2 heterocycles. The van der Waals surface area contributed by atoms with E-state index in [9.17, 15) is 4.79 Å². The van der Waals surface area contributed by atoms with Crippen LogP contribution < -0.4 is 5.73 Å². The second kappa shape index (κ2) is 6.95. The average molecular weight is 347 g/mol. The van der Waals surface area contributed by atoms with Crippen molar-refractivity contribution in [2.24, 2.45) is 11.7 Å². The van der Waals surface area contributed by atoms with Gasteiger partial charge in [0.15, 0.2) is 0 Å². The van der Waals surface area contributed by atoms with Crippen molar-refractivity contribution in [2.45, 2.75) is 32.7 Å². The molecule has 1 saturated heterocycles. The molecule has 1 unspecified atom stereocenters. The number of aromatic nitrogens is 2. The van der Waals surface area contributed by atoms with Crippen molar-refractivity contribution in [3.8, 4) is 5.69 Å². The van der Waals surface area contributed by atoms with Gasteiger partial charge in [-0.05, 0) is 44.7 Å². The standard InChI is InChI=1S/C18H23ClN4O/c1-12(20)14-7-9-22(10-8-14)18(24)15-11-21-23(13(15)2)17-6-4-3-5-16(17)19/h3-6,11-12,14H,7-10,20H2,1-2H3. The summed E-state index contributed by atoms with van der Waals surface area (Å²) in [5.41, 5.74) is 8.20. The first-order valence-corrected chi connectivity index (χ1v) is 8.71. The van der Waals surface area contributed by atoms with Gasteiger partial charge in [0.1, 0.15) is 0 Å². The molecule has 1 amide bonds. The third-order valence-electron chi connectivity index (χ3n) is 4.89. The highest BCUT2D eigenvalue weighted by molar-refractivity contribution is 6.32. The Labute approximate surface area is 147 Å². The zero-order valence-corrected chi connectivity index (χ0v) is 14.8. The van der Waals surface area contributed by atoms with Crippen LogP contribution in [0.1, 0.15) is 35.8 Å². The van der Waals surface area contributed by atoms with Crippen LogP contribution in [0.2, 0.25) is 5.02 Å². The van der Waals surface area contributed by atoms with Crippen molar-refractivity contribution in [1.82, 2.24) is 14.7 Å². The number of amides is 1. The van der Waals surface area contributed by atoms with E-state index in [2.05, 4.69) is 5.10 Å². The van der Waals surface area contributed by atoms with E-state index >= 15 is 0 Å². The van der Waals surface area contributed by atoms with Crippen LogP contribution in [0.5, 0.6) is 0 Å². The minimum Gasteiger partial charge on any atom is -0.339 e. The van der Waals surface area contributed by atoms with Gasteiger partial charge < -0.3 is 10.6 Å². The average Bonchev–Trinajstić information content (AvgIpc) is 2.96. The van der Waals surface area contributed by atoms with Crippen LogP contribution in [-0.2, 0) is 0 Å². The van der Waals surface area contributed by atoms with E-state index in [1.54, 1.807) is 10.9 Å². The van der Waals surface area contributed by atoms with Gasteiger partial charge in [-0.3, -0.25) is 4.79 Å². The molecule has 128 valence electrons. The maximum absolute atomic E-state index is 12.8. The van der Waals surface area contributed by atoms with Crippen LogP contribution in [0.3, 0.4) is 0 Å². The molecular weight excluding hydrogens is 324 g/mol. The maximum atomic E-state index is 12.8. The number of rotatable bonds is 3. The lowest BCUT2D eigenvalue weighted by Crippen LogP contribution is -2.42. The molecule has 1 aromatic carbocycles. The van der Waals surface area contributed by atoms with Gasteiger partial charge in [-0.2, -0.15) is 5.10 Å². The molecular formula is C18H23ClN4O. The fourth-order valence-corrected chi connectivity index (χ4v) is 3.50. The van der Waals surface area contributed by atoms with E-state index in [4.69, 9.17) is 17.3 Å². The molecule has 1 aliphatic heterocycles. The fraction of sp³-hybridized carbons (Fsp3) is 0.444. The quantitative estimate of drug-likeness (QED) is 0.929. The Balaban J connectivity index is 1.79. The molecule has 2 aromatic rings. The lowest BCUT2D eigenvalue weighted by Gasteiger charge is -2.33. The van der Waals surface area contributed by atoms with Crippen LogP contribution in [0.15, 0.2) is 30.5 Å². The van der Waals surface area contributed by atoms with Crippen LogP contribution in [0.4, 0.5) is 0 Å². The van der Waals surface area contributed by atoms with E-state index in [0.29, 0.717) is 16.5 Å². The Kier molecular flexibility index (Phi) is 4.92. The number of para-hydroxylation sites is 1. The largest absolute Gasteiger partial charge is 0.339 e. The number of carbonyl (C=O) groups excluding carboxylic acids is 1. The molecule has 1 fully saturated rings. The van der Waals surface area contributed by atoms with Gasteiger partial charge >= 0.3 is 0 Å². The maximum Gasteiger partial charge on any atom is 0.257 e. The Hall–Kier alpha value is -1.85. The van der Waals surface area contributed by atoms with Crippen molar-refractivity contribution in [2.75, 3.05) is 13.1 Å². The summed E-state index contributed by atoms with van der Waals surface area (Å²) in [7, 11) is 0. The van der Waals surface area contributed by atoms with E-state index in [1.807, 2.05) is 43.0 Å². The number of nitrogens with two attached hydrogens (primary N) is 1. The molecule has 0 spiro atoms. The molecule has 1 aliphatic rings. The Morgan fingerprint density at radius 3 is 2.62 bits per heavy atom. The molecule has 1 atom stereocenters. The van der Waals surface area contributed by atoms with Gasteiger partial charge in [-0.25, -0.2) is 4.68 Å². The summed E-state index contributed by atoms with van der Waals surface area (Å²) in [5.74, 6) is 0.537. The number of nitrogens with zero attached hydrogens (tertiary/aromatic N) is 3. The molecule has 6 heteroatoms. The number of hydrogen-bond acceptors (Lipinski definition) is 3. The van der Waals surface area contributed by atoms with Gasteiger partial charge in [0.05, 0.1) is 28.2 Å². The van der Waals surface area contributed by atoms with Crippen molar-refractivity contribution in [3.63, 3.8) is 0 Å². The summed E-state index contributed by atoms with van der Waals surface area (Å²) in [6, 6.07) is 7.68. The molecule has 24 heavy (non-hydrogen) atoms. The van der Waals surface area contributed by atoms with Gasteiger partial charge in [-0.15, -0.1) is 0 Å². The molecule has 0 aliphatic carbocycles. The summed E-state index contributed by atoms with van der Waals surface area (Å²) < 4.78 is 1.73. The molecule has 5 nitrogen and oxygen atoms in total. The SMILES string of the molecule is Cc1c(C(=O)N2CCC(C(C)N)CC2)cnn1-c1ccccc1Cl. The number of likely N-dealkylation sites (tertiary alicyclic amines) is 1. The summed E-state index contributed by atoms with van der Waals surface area (Å²) in [4.78, 5) is 14.7. The zero-order valence-electron chi connectivity index (χ0n) is 14.1. The second-order valence-electron chi connectivity index (χ2n) is 6.50. The van der Waals surface area contributed by atoms with Crippen molar-refractivity contribution >= 4 is 17.5 Å². The Morgan fingerprint density at radius 2 is 2.00 bits per heavy atom.